The maximum atomic E-state index is 11.9. The third-order valence-electron chi connectivity index (χ3n) is 3.04. The first-order chi connectivity index (χ1) is 10.7. The third kappa shape index (κ3) is 4.41. The second-order valence-electron chi connectivity index (χ2n) is 4.52. The molecule has 0 fully saturated rings. The molecular weight excluding hydrogens is 282 g/mol. The summed E-state index contributed by atoms with van der Waals surface area (Å²) in [5, 5.41) is 2.80. The number of nitrogens with one attached hydrogen (secondary N) is 1. The van der Waals surface area contributed by atoms with Crippen molar-refractivity contribution in [3.8, 4) is 17.2 Å². The first kappa shape index (κ1) is 15.7. The van der Waals surface area contributed by atoms with E-state index in [4.69, 9.17) is 14.2 Å². The number of hydrogen-bond acceptors (Lipinski definition) is 4. The van der Waals surface area contributed by atoms with E-state index >= 15 is 0 Å². The van der Waals surface area contributed by atoms with Crippen LogP contribution in [-0.2, 0) is 4.79 Å². The molecule has 0 spiro atoms. The van der Waals surface area contributed by atoms with Crippen molar-refractivity contribution in [3.63, 3.8) is 0 Å². The van der Waals surface area contributed by atoms with E-state index in [1.807, 2.05) is 24.3 Å². The Morgan fingerprint density at radius 2 is 1.64 bits per heavy atom. The van der Waals surface area contributed by atoms with Crippen molar-refractivity contribution in [3.05, 3.63) is 48.5 Å². The van der Waals surface area contributed by atoms with Gasteiger partial charge in [-0.15, -0.1) is 0 Å². The van der Waals surface area contributed by atoms with Gasteiger partial charge in [0.2, 0.25) is 5.91 Å². The van der Waals surface area contributed by atoms with E-state index in [0.29, 0.717) is 23.8 Å². The SMILES string of the molecule is COc1ccc(OCCC(=O)Nc2ccccc2OC)cc1. The third-order valence-corrected chi connectivity index (χ3v) is 3.04. The Kier molecular flexibility index (Phi) is 5.65. The molecule has 0 aliphatic carbocycles. The number of anilines is 1. The topological polar surface area (TPSA) is 56.8 Å². The van der Waals surface area contributed by atoms with Crippen LogP contribution in [0.5, 0.6) is 17.2 Å². The number of methoxy groups -OCH3 is 2. The smallest absolute Gasteiger partial charge is 0.227 e. The number of para-hydroxylation sites is 2. The Bertz CT molecular complexity index is 610. The molecule has 2 rings (SSSR count). The largest absolute Gasteiger partial charge is 0.497 e. The summed E-state index contributed by atoms with van der Waals surface area (Å²) in [5.41, 5.74) is 0.652. The van der Waals surface area contributed by atoms with E-state index in [-0.39, 0.29) is 12.3 Å². The number of carbonyl (C=O) groups excluding carboxylic acids is 1. The van der Waals surface area contributed by atoms with Crippen LogP contribution < -0.4 is 19.5 Å². The summed E-state index contributed by atoms with van der Waals surface area (Å²) in [6, 6.07) is 14.5. The van der Waals surface area contributed by atoms with Crippen LogP contribution in [0.1, 0.15) is 6.42 Å². The molecule has 0 aliphatic heterocycles. The standard InChI is InChI=1S/C17H19NO4/c1-20-13-7-9-14(10-8-13)22-12-11-17(19)18-15-5-3-4-6-16(15)21-2/h3-10H,11-12H2,1-2H3,(H,18,19). The minimum absolute atomic E-state index is 0.127. The molecule has 0 atom stereocenters. The van der Waals surface area contributed by atoms with E-state index in [1.54, 1.807) is 38.5 Å². The fourth-order valence-electron chi connectivity index (χ4n) is 1.89. The molecule has 2 aromatic carbocycles. The first-order valence-electron chi connectivity index (χ1n) is 6.92. The highest BCUT2D eigenvalue weighted by Crippen LogP contribution is 2.23. The molecule has 0 bridgehead atoms. The van der Waals surface area contributed by atoms with Gasteiger partial charge in [-0.3, -0.25) is 4.79 Å². The van der Waals surface area contributed by atoms with Gasteiger partial charge < -0.3 is 19.5 Å². The molecule has 1 N–H and O–H groups in total. The van der Waals surface area contributed by atoms with Gasteiger partial charge in [0.25, 0.3) is 0 Å². The van der Waals surface area contributed by atoms with Gasteiger partial charge in [-0.2, -0.15) is 0 Å². The van der Waals surface area contributed by atoms with Crippen molar-refractivity contribution in [1.82, 2.24) is 0 Å². The maximum Gasteiger partial charge on any atom is 0.227 e. The van der Waals surface area contributed by atoms with Crippen molar-refractivity contribution in [2.45, 2.75) is 6.42 Å². The van der Waals surface area contributed by atoms with Gasteiger partial charge in [-0.1, -0.05) is 12.1 Å². The van der Waals surface area contributed by atoms with Gasteiger partial charge in [0.05, 0.1) is 32.9 Å². The number of rotatable bonds is 7. The summed E-state index contributed by atoms with van der Waals surface area (Å²) in [4.78, 5) is 11.9. The molecule has 22 heavy (non-hydrogen) atoms. The highest BCUT2D eigenvalue weighted by atomic mass is 16.5. The Morgan fingerprint density at radius 3 is 2.32 bits per heavy atom. The van der Waals surface area contributed by atoms with Gasteiger partial charge in [0, 0.05) is 0 Å². The van der Waals surface area contributed by atoms with Crippen LogP contribution in [0.3, 0.4) is 0 Å². The molecular formula is C17H19NO4. The fraction of sp³-hybridized carbons (Fsp3) is 0.235. The predicted octanol–water partition coefficient (Wildman–Crippen LogP) is 3.11. The number of carbonyl (C=O) groups is 1. The van der Waals surface area contributed by atoms with E-state index in [0.717, 1.165) is 5.75 Å². The second-order valence-corrected chi connectivity index (χ2v) is 4.52. The lowest BCUT2D eigenvalue weighted by atomic mass is 10.3. The molecule has 0 radical (unpaired) electrons. The monoisotopic (exact) mass is 301 g/mol. The zero-order valence-electron chi connectivity index (χ0n) is 12.7. The van der Waals surface area contributed by atoms with Crippen molar-refractivity contribution in [1.29, 1.82) is 0 Å². The average Bonchev–Trinajstić information content (AvgIpc) is 2.56. The Hall–Kier alpha value is -2.69. The van der Waals surface area contributed by atoms with Gasteiger partial charge >= 0.3 is 0 Å². The predicted molar refractivity (Wildman–Crippen MR) is 84.7 cm³/mol. The molecule has 0 saturated heterocycles. The summed E-state index contributed by atoms with van der Waals surface area (Å²) in [5.74, 6) is 1.97. The molecule has 0 aromatic heterocycles. The van der Waals surface area contributed by atoms with Crippen LogP contribution in [0.2, 0.25) is 0 Å². The van der Waals surface area contributed by atoms with Crippen molar-refractivity contribution < 1.29 is 19.0 Å². The lowest BCUT2D eigenvalue weighted by Gasteiger charge is -2.10. The number of benzene rings is 2. The number of amides is 1. The molecule has 116 valence electrons. The van der Waals surface area contributed by atoms with E-state index in [1.165, 1.54) is 0 Å². The highest BCUT2D eigenvalue weighted by Gasteiger charge is 2.07. The maximum absolute atomic E-state index is 11.9. The molecule has 5 nitrogen and oxygen atoms in total. The minimum atomic E-state index is -0.127. The van der Waals surface area contributed by atoms with Gasteiger partial charge in [-0.05, 0) is 36.4 Å². The zero-order chi connectivity index (χ0) is 15.8. The Balaban J connectivity index is 1.80. The second kappa shape index (κ2) is 7.93. The van der Waals surface area contributed by atoms with E-state index in [2.05, 4.69) is 5.32 Å². The van der Waals surface area contributed by atoms with Crippen LogP contribution in [0.15, 0.2) is 48.5 Å². The molecule has 0 unspecified atom stereocenters. The first-order valence-corrected chi connectivity index (χ1v) is 6.92. The van der Waals surface area contributed by atoms with Gasteiger partial charge in [0.1, 0.15) is 17.2 Å². The summed E-state index contributed by atoms with van der Waals surface area (Å²) in [6.45, 7) is 0.299. The van der Waals surface area contributed by atoms with Crippen molar-refractivity contribution in [2.75, 3.05) is 26.1 Å². The zero-order valence-corrected chi connectivity index (χ0v) is 12.7. The summed E-state index contributed by atoms with van der Waals surface area (Å²) < 4.78 is 15.8. The lowest BCUT2D eigenvalue weighted by Crippen LogP contribution is -2.15. The minimum Gasteiger partial charge on any atom is -0.497 e. The van der Waals surface area contributed by atoms with Crippen LogP contribution in [0.4, 0.5) is 5.69 Å². The molecule has 5 heteroatoms. The van der Waals surface area contributed by atoms with Crippen LogP contribution in [-0.4, -0.2) is 26.7 Å². The average molecular weight is 301 g/mol. The van der Waals surface area contributed by atoms with E-state index < -0.39 is 0 Å². The van der Waals surface area contributed by atoms with Gasteiger partial charge in [-0.25, -0.2) is 0 Å². The normalized spacial score (nSPS) is 9.91. The van der Waals surface area contributed by atoms with Gasteiger partial charge in [0.15, 0.2) is 0 Å². The Labute approximate surface area is 129 Å². The molecule has 0 heterocycles. The summed E-state index contributed by atoms with van der Waals surface area (Å²) >= 11 is 0. The van der Waals surface area contributed by atoms with E-state index in [9.17, 15) is 4.79 Å². The number of ether oxygens (including phenoxy) is 3. The quantitative estimate of drug-likeness (QED) is 0.853. The lowest BCUT2D eigenvalue weighted by molar-refractivity contribution is -0.116. The van der Waals surface area contributed by atoms with Crippen molar-refractivity contribution >= 4 is 11.6 Å². The fourth-order valence-corrected chi connectivity index (χ4v) is 1.89. The van der Waals surface area contributed by atoms with Crippen LogP contribution in [0.25, 0.3) is 0 Å². The molecule has 0 saturated carbocycles. The summed E-state index contributed by atoms with van der Waals surface area (Å²) in [7, 11) is 3.18. The summed E-state index contributed by atoms with van der Waals surface area (Å²) in [6.07, 6.45) is 0.254. The molecule has 0 aliphatic rings. The van der Waals surface area contributed by atoms with Crippen LogP contribution in [0, 0.1) is 0 Å². The highest BCUT2D eigenvalue weighted by molar-refractivity contribution is 5.92. The number of hydrogen-bond donors (Lipinski definition) is 1. The van der Waals surface area contributed by atoms with Crippen LogP contribution >= 0.6 is 0 Å². The Morgan fingerprint density at radius 1 is 0.955 bits per heavy atom. The van der Waals surface area contributed by atoms with Crippen molar-refractivity contribution in [2.24, 2.45) is 0 Å². The molecule has 1 amide bonds. The molecule has 2 aromatic rings.